The molecule has 13 heteroatoms. The maximum Gasteiger partial charge on any atom is 0.330 e. The molecule has 0 aromatic heterocycles. The maximum absolute atomic E-state index is 13.3. The Morgan fingerprint density at radius 3 is 2.32 bits per heavy atom. The first kappa shape index (κ1) is 27.9. The number of hydrogen-bond acceptors (Lipinski definition) is 7. The molecule has 2 aromatic rings. The maximum atomic E-state index is 13.3. The molecule has 12 nitrogen and oxygen atoms in total. The SMILES string of the molecule is COc1ccc(N(C)C(=O)[C@H](Cc2ccccc2)NC(=O)NS(=O)(=O)NCC(=O)N2CCOCC2)cc1. The fourth-order valence-electron chi connectivity index (χ4n) is 3.64. The van der Waals surface area contributed by atoms with Gasteiger partial charge >= 0.3 is 16.2 Å². The second kappa shape index (κ2) is 13.0. The largest absolute Gasteiger partial charge is 0.497 e. The molecule has 0 saturated carbocycles. The molecule has 2 aromatic carbocycles. The number of morpholine rings is 1. The van der Waals surface area contributed by atoms with Crippen LogP contribution in [0.1, 0.15) is 5.56 Å². The summed E-state index contributed by atoms with van der Waals surface area (Å²) < 4.78 is 38.9. The number of rotatable bonds is 10. The lowest BCUT2D eigenvalue weighted by Crippen LogP contribution is -2.55. The number of carbonyl (C=O) groups excluding carboxylic acids is 3. The molecule has 0 aliphatic carbocycles. The van der Waals surface area contributed by atoms with Gasteiger partial charge in [-0.2, -0.15) is 13.1 Å². The van der Waals surface area contributed by atoms with Crippen LogP contribution in [0.3, 0.4) is 0 Å². The molecule has 200 valence electrons. The van der Waals surface area contributed by atoms with Crippen molar-refractivity contribution in [3.8, 4) is 5.75 Å². The van der Waals surface area contributed by atoms with Crippen molar-refractivity contribution in [1.29, 1.82) is 0 Å². The summed E-state index contributed by atoms with van der Waals surface area (Å²) in [5.41, 5.74) is 1.32. The number of urea groups is 1. The molecule has 1 fully saturated rings. The van der Waals surface area contributed by atoms with E-state index in [2.05, 4.69) is 10.0 Å². The van der Waals surface area contributed by atoms with Crippen molar-refractivity contribution in [3.63, 3.8) is 0 Å². The van der Waals surface area contributed by atoms with Crippen molar-refractivity contribution in [1.82, 2.24) is 19.7 Å². The number of amides is 4. The van der Waals surface area contributed by atoms with Crippen molar-refractivity contribution in [2.75, 3.05) is 51.9 Å². The zero-order valence-corrected chi connectivity index (χ0v) is 21.5. The average Bonchev–Trinajstić information content (AvgIpc) is 2.91. The van der Waals surface area contributed by atoms with E-state index >= 15 is 0 Å². The number of carbonyl (C=O) groups is 3. The van der Waals surface area contributed by atoms with Gasteiger partial charge in [0.15, 0.2) is 0 Å². The topological polar surface area (TPSA) is 146 Å². The standard InChI is InChI=1S/C24H31N5O7S/c1-28(19-8-10-20(35-2)11-9-19)23(31)21(16-18-6-4-3-5-7-18)26-24(32)27-37(33,34)25-17-22(30)29-12-14-36-15-13-29/h3-11,21,25H,12-17H2,1-2H3,(H2,26,27,32)/t21-/m0/s1. The second-order valence-electron chi connectivity index (χ2n) is 8.23. The molecular weight excluding hydrogens is 502 g/mol. The first-order valence-corrected chi connectivity index (χ1v) is 13.1. The van der Waals surface area contributed by atoms with Crippen LogP contribution in [0.25, 0.3) is 0 Å². The minimum atomic E-state index is -4.37. The number of likely N-dealkylation sites (N-methyl/N-ethyl adjacent to an activating group) is 1. The summed E-state index contributed by atoms with van der Waals surface area (Å²) in [4.78, 5) is 41.0. The van der Waals surface area contributed by atoms with Gasteiger partial charge in [0, 0.05) is 32.2 Å². The van der Waals surface area contributed by atoms with Gasteiger partial charge in [0.2, 0.25) is 11.8 Å². The highest BCUT2D eigenvalue weighted by atomic mass is 32.2. The fraction of sp³-hybridized carbons (Fsp3) is 0.375. The van der Waals surface area contributed by atoms with Gasteiger partial charge in [-0.1, -0.05) is 30.3 Å². The van der Waals surface area contributed by atoms with Gasteiger partial charge < -0.3 is 24.6 Å². The van der Waals surface area contributed by atoms with E-state index in [4.69, 9.17) is 9.47 Å². The van der Waals surface area contributed by atoms with Gasteiger partial charge in [0.1, 0.15) is 11.8 Å². The molecule has 1 saturated heterocycles. The monoisotopic (exact) mass is 533 g/mol. The molecule has 1 atom stereocenters. The van der Waals surface area contributed by atoms with Crippen LogP contribution in [-0.4, -0.2) is 84.2 Å². The van der Waals surface area contributed by atoms with E-state index in [1.54, 1.807) is 55.6 Å². The predicted molar refractivity (Wildman–Crippen MR) is 136 cm³/mol. The van der Waals surface area contributed by atoms with Crippen LogP contribution < -0.4 is 24.4 Å². The van der Waals surface area contributed by atoms with Crippen LogP contribution in [0.5, 0.6) is 5.75 Å². The zero-order chi connectivity index (χ0) is 26.8. The van der Waals surface area contributed by atoms with Crippen LogP contribution in [0.4, 0.5) is 10.5 Å². The molecule has 1 aliphatic heterocycles. The summed E-state index contributed by atoms with van der Waals surface area (Å²) in [7, 11) is -1.28. The minimum Gasteiger partial charge on any atom is -0.497 e. The Labute approximate surface area is 216 Å². The quantitative estimate of drug-likeness (QED) is 0.397. The van der Waals surface area contributed by atoms with Crippen molar-refractivity contribution in [2.24, 2.45) is 0 Å². The van der Waals surface area contributed by atoms with Crippen molar-refractivity contribution >= 4 is 33.7 Å². The molecular formula is C24H31N5O7S. The molecule has 1 heterocycles. The summed E-state index contributed by atoms with van der Waals surface area (Å²) >= 11 is 0. The Morgan fingerprint density at radius 1 is 1.05 bits per heavy atom. The van der Waals surface area contributed by atoms with E-state index < -0.39 is 40.6 Å². The smallest absolute Gasteiger partial charge is 0.330 e. The number of nitrogens with zero attached hydrogens (tertiary/aromatic N) is 2. The summed E-state index contributed by atoms with van der Waals surface area (Å²) in [6.07, 6.45) is 0.122. The Hall–Kier alpha value is -3.68. The molecule has 0 bridgehead atoms. The summed E-state index contributed by atoms with van der Waals surface area (Å²) in [5, 5.41) is 2.45. The average molecular weight is 534 g/mol. The number of methoxy groups -OCH3 is 1. The minimum absolute atomic E-state index is 0.122. The highest BCUT2D eigenvalue weighted by molar-refractivity contribution is 7.88. The molecule has 0 spiro atoms. The number of benzene rings is 2. The number of anilines is 1. The van der Waals surface area contributed by atoms with Crippen LogP contribution in [0.15, 0.2) is 54.6 Å². The van der Waals surface area contributed by atoms with Crippen LogP contribution in [0.2, 0.25) is 0 Å². The number of hydrogen-bond donors (Lipinski definition) is 3. The zero-order valence-electron chi connectivity index (χ0n) is 20.7. The first-order chi connectivity index (χ1) is 17.7. The van der Waals surface area contributed by atoms with E-state index in [-0.39, 0.29) is 6.42 Å². The number of nitrogens with one attached hydrogen (secondary N) is 3. The third kappa shape index (κ3) is 8.44. The third-order valence-corrected chi connectivity index (χ3v) is 6.66. The van der Waals surface area contributed by atoms with Gasteiger partial charge in [0.05, 0.1) is 26.9 Å². The van der Waals surface area contributed by atoms with Gasteiger partial charge in [-0.25, -0.2) is 9.52 Å². The normalized spacial score (nSPS) is 14.4. The molecule has 0 unspecified atom stereocenters. The molecule has 0 radical (unpaired) electrons. The van der Waals surface area contributed by atoms with E-state index in [1.165, 1.54) is 16.9 Å². The van der Waals surface area contributed by atoms with E-state index in [1.807, 2.05) is 10.8 Å². The van der Waals surface area contributed by atoms with Gasteiger partial charge in [-0.05, 0) is 29.8 Å². The lowest BCUT2D eigenvalue weighted by molar-refractivity contribution is -0.133. The Balaban J connectivity index is 1.65. The van der Waals surface area contributed by atoms with Crippen LogP contribution >= 0.6 is 0 Å². The highest BCUT2D eigenvalue weighted by Gasteiger charge is 2.27. The summed E-state index contributed by atoms with van der Waals surface area (Å²) in [6.45, 7) is 0.954. The fourth-order valence-corrected chi connectivity index (χ4v) is 4.33. The van der Waals surface area contributed by atoms with Crippen molar-refractivity contribution in [3.05, 3.63) is 60.2 Å². The lowest BCUT2D eigenvalue weighted by Gasteiger charge is -2.27. The van der Waals surface area contributed by atoms with E-state index in [9.17, 15) is 22.8 Å². The van der Waals surface area contributed by atoms with Crippen molar-refractivity contribution in [2.45, 2.75) is 12.5 Å². The van der Waals surface area contributed by atoms with Crippen LogP contribution in [0, 0.1) is 0 Å². The molecule has 3 rings (SSSR count). The van der Waals surface area contributed by atoms with Gasteiger partial charge in [0.25, 0.3) is 0 Å². The molecule has 3 N–H and O–H groups in total. The third-order valence-electron chi connectivity index (χ3n) is 5.68. The first-order valence-electron chi connectivity index (χ1n) is 11.6. The summed E-state index contributed by atoms with van der Waals surface area (Å²) in [6, 6.07) is 13.6. The highest BCUT2D eigenvalue weighted by Crippen LogP contribution is 2.19. The Bertz CT molecular complexity index is 1170. The second-order valence-corrected chi connectivity index (χ2v) is 9.73. The van der Waals surface area contributed by atoms with Crippen LogP contribution in [-0.2, 0) is 31.0 Å². The lowest BCUT2D eigenvalue weighted by atomic mass is 10.0. The van der Waals surface area contributed by atoms with Gasteiger partial charge in [-0.15, -0.1) is 0 Å². The van der Waals surface area contributed by atoms with E-state index in [0.29, 0.717) is 37.7 Å². The number of ether oxygens (including phenoxy) is 2. The predicted octanol–water partition coefficient (Wildman–Crippen LogP) is 0.262. The van der Waals surface area contributed by atoms with Crippen molar-refractivity contribution < 1.29 is 32.3 Å². The molecule has 1 aliphatic rings. The Kier molecular flexibility index (Phi) is 9.83. The Morgan fingerprint density at radius 2 is 1.70 bits per heavy atom. The van der Waals surface area contributed by atoms with Gasteiger partial charge in [-0.3, -0.25) is 9.59 Å². The molecule has 4 amide bonds. The molecule has 37 heavy (non-hydrogen) atoms. The summed E-state index contributed by atoms with van der Waals surface area (Å²) in [5.74, 6) is -0.280. The van der Waals surface area contributed by atoms with E-state index in [0.717, 1.165) is 5.56 Å².